The number of allylic oxidation sites excluding steroid dienone is 9. The van der Waals surface area contributed by atoms with Crippen molar-refractivity contribution in [1.82, 2.24) is 0 Å². The minimum Gasteiger partial charge on any atom is -0.481 e. The van der Waals surface area contributed by atoms with Crippen molar-refractivity contribution in [3.05, 3.63) is 114 Å². The number of hydrogen-bond donors (Lipinski definition) is 4. The summed E-state index contributed by atoms with van der Waals surface area (Å²) in [7, 11) is 0. The van der Waals surface area contributed by atoms with Gasteiger partial charge in [0.15, 0.2) is 0 Å². The van der Waals surface area contributed by atoms with Gasteiger partial charge in [-0.2, -0.15) is 16.7 Å². The van der Waals surface area contributed by atoms with Gasteiger partial charge in [0.1, 0.15) is 0 Å². The molecule has 8 bridgehead atoms. The maximum Gasteiger partial charge on any atom is 2.00 e. The van der Waals surface area contributed by atoms with E-state index in [1.165, 1.54) is 0 Å². The van der Waals surface area contributed by atoms with Gasteiger partial charge in [-0.1, -0.05) is 61.1 Å². The van der Waals surface area contributed by atoms with Gasteiger partial charge in [0.05, 0.1) is 0 Å². The van der Waals surface area contributed by atoms with E-state index in [2.05, 4.69) is 48.9 Å². The number of carbonyl (C=O) groups is 4. The zero-order valence-electron chi connectivity index (χ0n) is 28.5. The summed E-state index contributed by atoms with van der Waals surface area (Å²) in [5.74, 6) is -3.68. The van der Waals surface area contributed by atoms with Crippen molar-refractivity contribution >= 4 is 42.1 Å². The Labute approximate surface area is 298 Å². The van der Waals surface area contributed by atoms with E-state index in [1.54, 1.807) is 0 Å². The van der Waals surface area contributed by atoms with Crippen LogP contribution in [0, 0.1) is 26.2 Å². The van der Waals surface area contributed by atoms with Gasteiger partial charge in [-0.05, 0) is 49.8 Å². The van der Waals surface area contributed by atoms with Gasteiger partial charge in [-0.15, -0.1) is 57.5 Å². The average Bonchev–Trinajstić information content (AvgIpc) is 3.66. The quantitative estimate of drug-likeness (QED) is 0.158. The van der Waals surface area contributed by atoms with Crippen molar-refractivity contribution in [1.29, 1.82) is 0 Å². The summed E-state index contributed by atoms with van der Waals surface area (Å²) < 4.78 is 0. The Morgan fingerprint density at radius 1 is 0.592 bits per heavy atom. The second kappa shape index (κ2) is 15.5. The van der Waals surface area contributed by atoms with E-state index < -0.39 is 23.9 Å². The molecule has 0 fully saturated rings. The van der Waals surface area contributed by atoms with Crippen molar-refractivity contribution in [2.24, 2.45) is 5.92 Å². The van der Waals surface area contributed by atoms with E-state index in [0.29, 0.717) is 25.7 Å². The third kappa shape index (κ3) is 8.27. The number of carboxylic acid groups (broad SMARTS) is 4. The fourth-order valence-corrected chi connectivity index (χ4v) is 7.23. The summed E-state index contributed by atoms with van der Waals surface area (Å²) in [5.41, 5.74) is 12.3. The normalized spacial score (nSPS) is 19.2. The van der Waals surface area contributed by atoms with E-state index >= 15 is 0 Å². The number of carboxylic acids is 4. The van der Waals surface area contributed by atoms with Crippen LogP contribution >= 0.6 is 0 Å². The van der Waals surface area contributed by atoms with E-state index in [1.807, 2.05) is 27.7 Å². The monoisotopic (exact) mass is 713 g/mol. The minimum atomic E-state index is -0.888. The van der Waals surface area contributed by atoms with E-state index in [9.17, 15) is 39.6 Å². The molecule has 49 heavy (non-hydrogen) atoms. The summed E-state index contributed by atoms with van der Waals surface area (Å²) in [6, 6.07) is 4.13. The van der Waals surface area contributed by atoms with Crippen molar-refractivity contribution in [2.75, 3.05) is 0 Å². The molecule has 1 atom stereocenters. The summed E-state index contributed by atoms with van der Waals surface area (Å²) in [6.45, 7) is 7.97. The second-order valence-electron chi connectivity index (χ2n) is 13.0. The fraction of sp³-hybridized carbons (Fsp3) is 0.325. The van der Waals surface area contributed by atoms with Gasteiger partial charge in [0.25, 0.3) is 0 Å². The molecule has 1 unspecified atom stereocenters. The van der Waals surface area contributed by atoms with Crippen molar-refractivity contribution in [3.8, 4) is 0 Å². The molecule has 4 N–H and O–H groups in total. The molecule has 8 nitrogen and oxygen atoms in total. The molecule has 5 rings (SSSR count). The maximum absolute atomic E-state index is 11.6. The first-order chi connectivity index (χ1) is 22.7. The fourth-order valence-electron chi connectivity index (χ4n) is 7.23. The predicted octanol–water partition coefficient (Wildman–Crippen LogP) is 5.84. The summed E-state index contributed by atoms with van der Waals surface area (Å²) >= 11 is 0. The van der Waals surface area contributed by atoms with Crippen molar-refractivity contribution < 1.29 is 59.1 Å². The van der Waals surface area contributed by atoms with E-state index in [4.69, 9.17) is 0 Å². The Kier molecular flexibility index (Phi) is 11.8. The van der Waals surface area contributed by atoms with Crippen LogP contribution in [-0.2, 0) is 51.5 Å². The smallest absolute Gasteiger partial charge is 0.481 e. The number of hydrogen-bond acceptors (Lipinski definition) is 4. The van der Waals surface area contributed by atoms with Crippen LogP contribution in [0.1, 0.15) is 85.8 Å². The van der Waals surface area contributed by atoms with Crippen LogP contribution in [0.4, 0.5) is 0 Å². The molecule has 0 amide bonds. The third-order valence-electron chi connectivity index (χ3n) is 9.97. The van der Waals surface area contributed by atoms with Crippen molar-refractivity contribution in [2.45, 2.75) is 79.1 Å². The molecular weight excluding hydrogens is 674 g/mol. The van der Waals surface area contributed by atoms with E-state index in [-0.39, 0.29) is 51.1 Å². The molecule has 1 radical (unpaired) electrons. The Balaban J connectivity index is 0.00000541. The SMILES string of the molecule is CC1=C(CCC(=O)O)/C2=C/c3[cH-]c(c(CCC(=O)O)c3C)[CH]C3C=C(/C=c4\[cH-]/c(c(CCC(=O)O)c4C)=C\C1=C2)C(CCC(=O)O)=C3C.[Zn+2]. The molecule has 0 saturated carbocycles. The van der Waals surface area contributed by atoms with Gasteiger partial charge in [-0.25, -0.2) is 0 Å². The molecule has 0 spiro atoms. The third-order valence-corrected chi connectivity index (χ3v) is 9.97. The Bertz CT molecular complexity index is 2000. The van der Waals surface area contributed by atoms with Crippen LogP contribution in [0.15, 0.2) is 63.3 Å². The topological polar surface area (TPSA) is 149 Å². The molecule has 0 aromatic heterocycles. The molecule has 2 aromatic rings. The largest absolute Gasteiger partial charge is 2.00 e. The summed E-state index contributed by atoms with van der Waals surface area (Å²) in [5, 5.41) is 40.0. The van der Waals surface area contributed by atoms with Crippen LogP contribution in [0.5, 0.6) is 0 Å². The molecule has 2 aromatic carbocycles. The van der Waals surface area contributed by atoms with Crippen LogP contribution < -0.4 is 10.4 Å². The standard InChI is InChI=1S/C40H41O8.Zn/c1-21-25-13-29(33(21)5-9-37(41)42)18-26-15-31(35(22(26)2)7-11-39(45)46)20-28-16-32(36(24(28)4)8-12-40(47)48)19-27-14-30(17-25)34(23(27)3)6-10-38(43)44;/h13-20,25H,5-12H2,1-4H3,(H,41,42)(H,43,44)(H,45,46)(H,47,48);/q-2;+2/b26-18+,31-20+,32-19+;. The molecule has 9 heteroatoms. The molecule has 3 aliphatic carbocycles. The minimum absolute atomic E-state index is 0. The molecule has 0 aliphatic heterocycles. The zero-order valence-corrected chi connectivity index (χ0v) is 31.4. The van der Waals surface area contributed by atoms with Gasteiger partial charge in [0.2, 0.25) is 0 Å². The van der Waals surface area contributed by atoms with Crippen LogP contribution in [0.2, 0.25) is 0 Å². The van der Waals surface area contributed by atoms with Crippen LogP contribution in [0.3, 0.4) is 0 Å². The molecular formula is C40H41O8Zn. The Morgan fingerprint density at radius 3 is 1.76 bits per heavy atom. The second-order valence-corrected chi connectivity index (χ2v) is 13.0. The number of fused-ring (bicyclic) bond motifs is 6. The number of aliphatic carboxylic acids is 4. The maximum atomic E-state index is 11.6. The van der Waals surface area contributed by atoms with Crippen LogP contribution in [0.25, 0.3) is 18.2 Å². The molecule has 3 aliphatic rings. The first-order valence-electron chi connectivity index (χ1n) is 16.3. The van der Waals surface area contributed by atoms with Crippen LogP contribution in [-0.4, -0.2) is 44.3 Å². The van der Waals surface area contributed by atoms with E-state index in [0.717, 1.165) is 82.8 Å². The Hall–Kier alpha value is -4.36. The predicted molar refractivity (Wildman–Crippen MR) is 184 cm³/mol. The number of rotatable bonds is 12. The van der Waals surface area contributed by atoms with Gasteiger partial charge in [0, 0.05) is 31.6 Å². The molecule has 0 heterocycles. The first-order valence-corrected chi connectivity index (χ1v) is 16.3. The first kappa shape index (κ1) is 37.5. The summed E-state index contributed by atoms with van der Waals surface area (Å²) in [6.07, 6.45) is 13.8. The molecule has 0 saturated heterocycles. The van der Waals surface area contributed by atoms with Gasteiger partial charge in [-0.3, -0.25) is 19.2 Å². The summed E-state index contributed by atoms with van der Waals surface area (Å²) in [4.78, 5) is 46.5. The molecule has 251 valence electrons. The average molecular weight is 715 g/mol. The van der Waals surface area contributed by atoms with Gasteiger partial charge < -0.3 is 20.4 Å². The zero-order chi connectivity index (χ0) is 34.9. The van der Waals surface area contributed by atoms with Crippen molar-refractivity contribution in [3.63, 3.8) is 0 Å². The Morgan fingerprint density at radius 2 is 1.14 bits per heavy atom. The van der Waals surface area contributed by atoms with Gasteiger partial charge >= 0.3 is 43.4 Å².